The van der Waals surface area contributed by atoms with Crippen LogP contribution in [0.1, 0.15) is 46.0 Å². The molecule has 108 valence electrons. The van der Waals surface area contributed by atoms with E-state index in [4.69, 9.17) is 10.5 Å². The summed E-state index contributed by atoms with van der Waals surface area (Å²) in [6.07, 6.45) is 5.94. The first-order valence-corrected chi connectivity index (χ1v) is 7.48. The highest BCUT2D eigenvalue weighted by Gasteiger charge is 1.99. The van der Waals surface area contributed by atoms with Crippen LogP contribution in [0.5, 0.6) is 5.75 Å². The lowest BCUT2D eigenvalue weighted by molar-refractivity contribution is 0.305. The van der Waals surface area contributed by atoms with E-state index in [0.717, 1.165) is 37.4 Å². The topological polar surface area (TPSA) is 47.3 Å². The molecule has 1 aromatic carbocycles. The molecule has 3 heteroatoms. The number of nitrogens with one attached hydrogen (secondary N) is 1. The maximum atomic E-state index is 5.87. The molecule has 1 atom stereocenters. The fourth-order valence-corrected chi connectivity index (χ4v) is 1.78. The van der Waals surface area contributed by atoms with Crippen LogP contribution < -0.4 is 15.8 Å². The largest absolute Gasteiger partial charge is 0.494 e. The number of anilines is 1. The molecule has 0 saturated carbocycles. The smallest absolute Gasteiger partial charge is 0.119 e. The van der Waals surface area contributed by atoms with Gasteiger partial charge in [-0.2, -0.15) is 0 Å². The van der Waals surface area contributed by atoms with Gasteiger partial charge in [0.05, 0.1) is 6.61 Å². The minimum Gasteiger partial charge on any atom is -0.494 e. The van der Waals surface area contributed by atoms with Crippen molar-refractivity contribution in [3.8, 4) is 5.75 Å². The first kappa shape index (κ1) is 15.8. The van der Waals surface area contributed by atoms with Gasteiger partial charge in [-0.25, -0.2) is 0 Å². The minimum atomic E-state index is 0.217. The first-order chi connectivity index (χ1) is 9.26. The van der Waals surface area contributed by atoms with E-state index < -0.39 is 0 Å². The van der Waals surface area contributed by atoms with Crippen molar-refractivity contribution in [2.75, 3.05) is 18.5 Å². The van der Waals surface area contributed by atoms with Crippen LogP contribution in [0.4, 0.5) is 5.69 Å². The molecule has 0 saturated heterocycles. The lowest BCUT2D eigenvalue weighted by Crippen LogP contribution is -2.27. The van der Waals surface area contributed by atoms with E-state index in [-0.39, 0.29) is 6.04 Å². The van der Waals surface area contributed by atoms with Gasteiger partial charge >= 0.3 is 0 Å². The van der Waals surface area contributed by atoms with Crippen LogP contribution in [0, 0.1) is 0 Å². The molecule has 0 bridgehead atoms. The lowest BCUT2D eigenvalue weighted by atomic mass is 10.2. The highest BCUT2D eigenvalue weighted by atomic mass is 16.5. The zero-order valence-electron chi connectivity index (χ0n) is 12.3. The van der Waals surface area contributed by atoms with Crippen molar-refractivity contribution >= 4 is 5.69 Å². The van der Waals surface area contributed by atoms with Crippen LogP contribution in [-0.2, 0) is 0 Å². The highest BCUT2D eigenvalue weighted by molar-refractivity contribution is 5.46. The molecule has 0 aliphatic rings. The molecular weight excluding hydrogens is 236 g/mol. The van der Waals surface area contributed by atoms with E-state index in [9.17, 15) is 0 Å². The van der Waals surface area contributed by atoms with Gasteiger partial charge in [0.15, 0.2) is 0 Å². The first-order valence-electron chi connectivity index (χ1n) is 7.48. The van der Waals surface area contributed by atoms with Crippen LogP contribution in [0.25, 0.3) is 0 Å². The number of hydrogen-bond acceptors (Lipinski definition) is 3. The number of ether oxygens (including phenoxy) is 1. The second-order valence-electron chi connectivity index (χ2n) is 4.98. The molecule has 0 fully saturated rings. The van der Waals surface area contributed by atoms with Crippen LogP contribution >= 0.6 is 0 Å². The summed E-state index contributed by atoms with van der Waals surface area (Å²) in [5.41, 5.74) is 6.97. The summed E-state index contributed by atoms with van der Waals surface area (Å²) in [6, 6.07) is 8.33. The fraction of sp³-hybridized carbons (Fsp3) is 0.625. The molecular formula is C16H28N2O. The number of benzene rings is 1. The van der Waals surface area contributed by atoms with E-state index in [2.05, 4.69) is 19.2 Å². The van der Waals surface area contributed by atoms with Crippen LogP contribution in [0.15, 0.2) is 24.3 Å². The van der Waals surface area contributed by atoms with Gasteiger partial charge in [0.1, 0.15) is 5.75 Å². The summed E-state index contributed by atoms with van der Waals surface area (Å²) < 4.78 is 5.70. The van der Waals surface area contributed by atoms with Crippen molar-refractivity contribution in [2.45, 2.75) is 52.0 Å². The number of rotatable bonds is 10. The number of nitrogens with two attached hydrogens (primary N) is 1. The van der Waals surface area contributed by atoms with E-state index in [0.29, 0.717) is 0 Å². The third kappa shape index (κ3) is 7.06. The van der Waals surface area contributed by atoms with E-state index >= 15 is 0 Å². The normalized spacial score (nSPS) is 12.2. The maximum absolute atomic E-state index is 5.87. The van der Waals surface area contributed by atoms with Crippen molar-refractivity contribution in [3.63, 3.8) is 0 Å². The molecule has 1 unspecified atom stereocenters. The summed E-state index contributed by atoms with van der Waals surface area (Å²) in [6.45, 7) is 5.94. The summed E-state index contributed by atoms with van der Waals surface area (Å²) in [7, 11) is 0. The molecule has 0 spiro atoms. The fourth-order valence-electron chi connectivity index (χ4n) is 1.78. The van der Waals surface area contributed by atoms with Crippen molar-refractivity contribution in [1.82, 2.24) is 0 Å². The summed E-state index contributed by atoms with van der Waals surface area (Å²) in [5, 5.41) is 3.33. The molecule has 1 rings (SSSR count). The van der Waals surface area contributed by atoms with E-state index in [1.165, 1.54) is 19.3 Å². The SMILES string of the molecule is CCCCCCOc1ccc(NCC(N)CC)cc1. The van der Waals surface area contributed by atoms with Gasteiger partial charge in [-0.3, -0.25) is 0 Å². The van der Waals surface area contributed by atoms with E-state index in [1.807, 2.05) is 24.3 Å². The average Bonchev–Trinajstić information content (AvgIpc) is 2.45. The Morgan fingerprint density at radius 3 is 2.47 bits per heavy atom. The third-order valence-electron chi connectivity index (χ3n) is 3.21. The van der Waals surface area contributed by atoms with Gasteiger partial charge in [0.2, 0.25) is 0 Å². The Kier molecular flexibility index (Phi) is 8.07. The van der Waals surface area contributed by atoms with Crippen molar-refractivity contribution in [2.24, 2.45) is 5.73 Å². The summed E-state index contributed by atoms with van der Waals surface area (Å²) >= 11 is 0. The zero-order chi connectivity index (χ0) is 13.9. The molecule has 3 nitrogen and oxygen atoms in total. The Labute approximate surface area is 117 Å². The van der Waals surface area contributed by atoms with Crippen molar-refractivity contribution < 1.29 is 4.74 Å². The van der Waals surface area contributed by atoms with Gasteiger partial charge in [0, 0.05) is 18.3 Å². The van der Waals surface area contributed by atoms with Crippen molar-refractivity contribution in [1.29, 1.82) is 0 Å². The lowest BCUT2D eigenvalue weighted by Gasteiger charge is -2.12. The summed E-state index contributed by atoms with van der Waals surface area (Å²) in [5.74, 6) is 0.946. The Morgan fingerprint density at radius 2 is 1.84 bits per heavy atom. The molecule has 1 aromatic rings. The average molecular weight is 264 g/mol. The van der Waals surface area contributed by atoms with E-state index in [1.54, 1.807) is 0 Å². The molecule has 0 radical (unpaired) electrons. The maximum Gasteiger partial charge on any atom is 0.119 e. The quantitative estimate of drug-likeness (QED) is 0.632. The second-order valence-corrected chi connectivity index (χ2v) is 4.98. The Morgan fingerprint density at radius 1 is 1.11 bits per heavy atom. The van der Waals surface area contributed by atoms with Gasteiger partial charge in [-0.1, -0.05) is 33.1 Å². The van der Waals surface area contributed by atoms with Crippen LogP contribution in [-0.4, -0.2) is 19.2 Å². The second kappa shape index (κ2) is 9.68. The van der Waals surface area contributed by atoms with Gasteiger partial charge in [0.25, 0.3) is 0 Å². The molecule has 0 heterocycles. The Balaban J connectivity index is 2.23. The molecule has 0 aliphatic carbocycles. The predicted octanol–water partition coefficient (Wildman–Crippen LogP) is 3.79. The van der Waals surface area contributed by atoms with Gasteiger partial charge in [-0.15, -0.1) is 0 Å². The number of unbranched alkanes of at least 4 members (excludes halogenated alkanes) is 3. The van der Waals surface area contributed by atoms with Crippen molar-refractivity contribution in [3.05, 3.63) is 24.3 Å². The number of hydrogen-bond donors (Lipinski definition) is 2. The van der Waals surface area contributed by atoms with Gasteiger partial charge in [-0.05, 0) is 37.1 Å². The monoisotopic (exact) mass is 264 g/mol. The predicted molar refractivity (Wildman–Crippen MR) is 82.8 cm³/mol. The third-order valence-corrected chi connectivity index (χ3v) is 3.21. The molecule has 0 aromatic heterocycles. The molecule has 0 aliphatic heterocycles. The standard InChI is InChI=1S/C16H28N2O/c1-3-5-6-7-12-19-16-10-8-15(9-11-16)18-13-14(17)4-2/h8-11,14,18H,3-7,12-13,17H2,1-2H3. The molecule has 3 N–H and O–H groups in total. The Hall–Kier alpha value is -1.22. The van der Waals surface area contributed by atoms with Gasteiger partial charge < -0.3 is 15.8 Å². The van der Waals surface area contributed by atoms with Crippen LogP contribution in [0.2, 0.25) is 0 Å². The Bertz CT molecular complexity index is 324. The summed E-state index contributed by atoms with van der Waals surface area (Å²) in [4.78, 5) is 0. The van der Waals surface area contributed by atoms with Crippen LogP contribution in [0.3, 0.4) is 0 Å². The highest BCUT2D eigenvalue weighted by Crippen LogP contribution is 2.16. The molecule has 0 amide bonds. The molecule has 19 heavy (non-hydrogen) atoms. The zero-order valence-corrected chi connectivity index (χ0v) is 12.3. The minimum absolute atomic E-state index is 0.217.